The molecule has 0 atom stereocenters. The molecule has 3 fully saturated rings. The number of ether oxygens (including phenoxy) is 1. The molecular weight excluding hydrogens is 276 g/mol. The van der Waals surface area contributed by atoms with Crippen LogP contribution in [0.1, 0.15) is 29.8 Å². The summed E-state index contributed by atoms with van der Waals surface area (Å²) < 4.78 is 7.73. The molecule has 3 aliphatic heterocycles. The molecule has 4 nitrogen and oxygen atoms in total. The van der Waals surface area contributed by atoms with E-state index in [1.54, 1.807) is 0 Å². The van der Waals surface area contributed by atoms with Crippen LogP contribution < -0.4 is 0 Å². The Kier molecular flexibility index (Phi) is 4.00. The summed E-state index contributed by atoms with van der Waals surface area (Å²) in [7, 11) is 2.39. The van der Waals surface area contributed by atoms with Crippen LogP contribution in [0, 0.1) is 0 Å². The SMILES string of the molecule is CC(C)OC(=O)c1ccc(C[N+]23CC[N+](C)(CC2)CC3)cc1. The van der Waals surface area contributed by atoms with Gasteiger partial charge in [0.05, 0.1) is 18.7 Å². The molecule has 120 valence electrons. The van der Waals surface area contributed by atoms with E-state index in [0.717, 1.165) is 6.54 Å². The van der Waals surface area contributed by atoms with E-state index in [1.807, 2.05) is 26.0 Å². The van der Waals surface area contributed by atoms with E-state index >= 15 is 0 Å². The lowest BCUT2D eigenvalue weighted by Gasteiger charge is -2.54. The van der Waals surface area contributed by atoms with Crippen LogP contribution in [0.25, 0.3) is 0 Å². The minimum Gasteiger partial charge on any atom is -0.459 e. The zero-order chi connectivity index (χ0) is 15.8. The first-order valence-corrected chi connectivity index (χ1v) is 8.38. The summed E-state index contributed by atoms with van der Waals surface area (Å²) in [5.74, 6) is -0.224. The topological polar surface area (TPSA) is 26.3 Å². The summed E-state index contributed by atoms with van der Waals surface area (Å²) in [5.41, 5.74) is 1.98. The van der Waals surface area contributed by atoms with Crippen LogP contribution in [0.5, 0.6) is 0 Å². The Labute approximate surface area is 133 Å². The number of fused-ring (bicyclic) bond motifs is 3. The molecule has 0 saturated carbocycles. The van der Waals surface area contributed by atoms with Gasteiger partial charge >= 0.3 is 5.97 Å². The van der Waals surface area contributed by atoms with E-state index in [-0.39, 0.29) is 12.1 Å². The Morgan fingerprint density at radius 1 is 1.05 bits per heavy atom. The zero-order valence-electron chi connectivity index (χ0n) is 14.0. The average Bonchev–Trinajstić information content (AvgIpc) is 2.49. The molecule has 3 heterocycles. The van der Waals surface area contributed by atoms with Gasteiger partial charge in [0.1, 0.15) is 45.8 Å². The summed E-state index contributed by atoms with van der Waals surface area (Å²) in [6.45, 7) is 12.6. The van der Waals surface area contributed by atoms with Crippen molar-refractivity contribution in [3.05, 3.63) is 35.4 Å². The fourth-order valence-electron chi connectivity index (χ4n) is 3.68. The summed E-state index contributed by atoms with van der Waals surface area (Å²) in [6, 6.07) is 8.02. The first-order chi connectivity index (χ1) is 10.4. The van der Waals surface area contributed by atoms with Crippen LogP contribution in [-0.2, 0) is 11.3 Å². The third-order valence-corrected chi connectivity index (χ3v) is 5.39. The molecule has 0 aliphatic carbocycles. The fourth-order valence-corrected chi connectivity index (χ4v) is 3.68. The van der Waals surface area contributed by atoms with Crippen LogP contribution in [0.4, 0.5) is 0 Å². The molecule has 0 unspecified atom stereocenters. The highest BCUT2D eigenvalue weighted by molar-refractivity contribution is 5.89. The van der Waals surface area contributed by atoms with Crippen LogP contribution in [-0.4, -0.2) is 67.4 Å². The Hall–Kier alpha value is -1.39. The van der Waals surface area contributed by atoms with E-state index in [1.165, 1.54) is 53.8 Å². The van der Waals surface area contributed by atoms with E-state index in [2.05, 4.69) is 19.2 Å². The summed E-state index contributed by atoms with van der Waals surface area (Å²) in [4.78, 5) is 11.9. The summed E-state index contributed by atoms with van der Waals surface area (Å²) in [5, 5.41) is 0. The number of quaternary nitrogens is 2. The normalized spacial score (nSPS) is 30.5. The van der Waals surface area contributed by atoms with Gasteiger partial charge in [0, 0.05) is 5.56 Å². The van der Waals surface area contributed by atoms with Crippen molar-refractivity contribution >= 4 is 5.97 Å². The minimum absolute atomic E-state index is 0.0698. The van der Waals surface area contributed by atoms with Gasteiger partial charge in [-0.25, -0.2) is 4.79 Å². The Bertz CT molecular complexity index is 526. The van der Waals surface area contributed by atoms with Gasteiger partial charge in [0.2, 0.25) is 0 Å². The Balaban J connectivity index is 1.65. The van der Waals surface area contributed by atoms with E-state index in [9.17, 15) is 4.79 Å². The molecule has 0 N–H and O–H groups in total. The van der Waals surface area contributed by atoms with E-state index in [4.69, 9.17) is 4.74 Å². The summed E-state index contributed by atoms with van der Waals surface area (Å²) in [6.07, 6.45) is -0.0698. The van der Waals surface area contributed by atoms with Crippen LogP contribution in [0.3, 0.4) is 0 Å². The number of benzene rings is 1. The quantitative estimate of drug-likeness (QED) is 0.628. The molecular formula is C18H28N2O2+2. The number of carbonyl (C=O) groups excluding carboxylic acids is 1. The maximum absolute atomic E-state index is 11.9. The highest BCUT2D eigenvalue weighted by Gasteiger charge is 2.46. The smallest absolute Gasteiger partial charge is 0.338 e. The van der Waals surface area contributed by atoms with Gasteiger partial charge in [0.15, 0.2) is 0 Å². The van der Waals surface area contributed by atoms with Crippen molar-refractivity contribution in [2.75, 3.05) is 46.3 Å². The zero-order valence-corrected chi connectivity index (χ0v) is 14.0. The van der Waals surface area contributed by atoms with Crippen molar-refractivity contribution in [1.29, 1.82) is 0 Å². The largest absolute Gasteiger partial charge is 0.459 e. The third-order valence-electron chi connectivity index (χ3n) is 5.39. The molecule has 2 bridgehead atoms. The molecule has 1 aromatic rings. The monoisotopic (exact) mass is 304 g/mol. The third kappa shape index (κ3) is 3.18. The number of rotatable bonds is 4. The fraction of sp³-hybridized carbons (Fsp3) is 0.611. The van der Waals surface area contributed by atoms with Crippen molar-refractivity contribution in [3.8, 4) is 0 Å². The van der Waals surface area contributed by atoms with Gasteiger partial charge in [0.25, 0.3) is 0 Å². The molecule has 0 amide bonds. The molecule has 1 aromatic carbocycles. The van der Waals surface area contributed by atoms with Crippen molar-refractivity contribution in [3.63, 3.8) is 0 Å². The van der Waals surface area contributed by atoms with E-state index in [0.29, 0.717) is 5.56 Å². The predicted octanol–water partition coefficient (Wildman–Crippen LogP) is 2.04. The molecule has 4 rings (SSSR count). The van der Waals surface area contributed by atoms with Crippen molar-refractivity contribution < 1.29 is 18.5 Å². The van der Waals surface area contributed by atoms with Gasteiger partial charge in [-0.15, -0.1) is 0 Å². The van der Waals surface area contributed by atoms with Gasteiger partial charge < -0.3 is 13.7 Å². The van der Waals surface area contributed by atoms with Gasteiger partial charge in [-0.05, 0) is 26.0 Å². The number of likely N-dealkylation sites (N-methyl/N-ethyl adjacent to an activating group) is 1. The molecule has 3 aliphatic rings. The number of hydrogen-bond acceptors (Lipinski definition) is 2. The second-order valence-corrected chi connectivity index (χ2v) is 7.61. The summed E-state index contributed by atoms with van der Waals surface area (Å²) >= 11 is 0. The maximum Gasteiger partial charge on any atom is 0.338 e. The average molecular weight is 304 g/mol. The van der Waals surface area contributed by atoms with Crippen molar-refractivity contribution in [1.82, 2.24) is 0 Å². The Morgan fingerprint density at radius 2 is 1.59 bits per heavy atom. The van der Waals surface area contributed by atoms with E-state index < -0.39 is 0 Å². The number of piperazine rings is 3. The number of hydrogen-bond donors (Lipinski definition) is 0. The lowest BCUT2D eigenvalue weighted by molar-refractivity contribution is -1.08. The molecule has 4 heteroatoms. The highest BCUT2D eigenvalue weighted by Crippen LogP contribution is 2.27. The van der Waals surface area contributed by atoms with Crippen LogP contribution >= 0.6 is 0 Å². The number of carbonyl (C=O) groups is 1. The molecule has 0 aromatic heterocycles. The first-order valence-electron chi connectivity index (χ1n) is 8.38. The van der Waals surface area contributed by atoms with Crippen LogP contribution in [0.2, 0.25) is 0 Å². The second-order valence-electron chi connectivity index (χ2n) is 7.61. The maximum atomic E-state index is 11.9. The molecule has 0 radical (unpaired) electrons. The van der Waals surface area contributed by atoms with Gasteiger partial charge in [-0.2, -0.15) is 0 Å². The first kappa shape index (κ1) is 15.5. The number of esters is 1. The van der Waals surface area contributed by atoms with Crippen LogP contribution in [0.15, 0.2) is 24.3 Å². The van der Waals surface area contributed by atoms with Gasteiger partial charge in [-0.1, -0.05) is 12.1 Å². The molecule has 22 heavy (non-hydrogen) atoms. The highest BCUT2D eigenvalue weighted by atomic mass is 16.5. The molecule has 3 saturated heterocycles. The standard InChI is InChI=1S/C18H28N2O2/c1-15(2)22-18(21)17-6-4-16(5-7-17)14-20-11-8-19(3,9-12-20)10-13-20/h4-7,15H,8-14H2,1-3H3/q+2. The van der Waals surface area contributed by atoms with Gasteiger partial charge in [-0.3, -0.25) is 0 Å². The second kappa shape index (κ2) is 5.67. The number of nitrogens with zero attached hydrogens (tertiary/aromatic N) is 2. The van der Waals surface area contributed by atoms with Crippen molar-refractivity contribution in [2.24, 2.45) is 0 Å². The lowest BCUT2D eigenvalue weighted by Crippen LogP contribution is -2.73. The van der Waals surface area contributed by atoms with Crippen molar-refractivity contribution in [2.45, 2.75) is 26.5 Å². The minimum atomic E-state index is -0.224. The predicted molar refractivity (Wildman–Crippen MR) is 86.3 cm³/mol. The lowest BCUT2D eigenvalue weighted by atomic mass is 10.0. The Morgan fingerprint density at radius 3 is 2.09 bits per heavy atom. The molecule has 0 spiro atoms.